The molecule has 0 aliphatic carbocycles. The van der Waals surface area contributed by atoms with Crippen LogP contribution in [0.1, 0.15) is 23.1 Å². The summed E-state index contributed by atoms with van der Waals surface area (Å²) < 4.78 is 7.92. The lowest BCUT2D eigenvalue weighted by Crippen LogP contribution is -2.24. The van der Waals surface area contributed by atoms with E-state index in [0.29, 0.717) is 34.9 Å². The van der Waals surface area contributed by atoms with Crippen molar-refractivity contribution < 1.29 is 4.52 Å². The second-order valence-corrected chi connectivity index (χ2v) is 6.89. The number of para-hydroxylation sites is 1. The second-order valence-electron chi connectivity index (χ2n) is 5.98. The van der Waals surface area contributed by atoms with Crippen LogP contribution < -0.4 is 5.56 Å². The zero-order valence-corrected chi connectivity index (χ0v) is 15.6. The summed E-state index contributed by atoms with van der Waals surface area (Å²) >= 11 is 3.41. The van der Waals surface area contributed by atoms with Gasteiger partial charge in [-0.25, -0.2) is 4.98 Å². The van der Waals surface area contributed by atoms with Crippen LogP contribution in [0.3, 0.4) is 0 Å². The van der Waals surface area contributed by atoms with Gasteiger partial charge >= 0.3 is 0 Å². The molecule has 0 spiro atoms. The van der Waals surface area contributed by atoms with Crippen LogP contribution in [0.15, 0.2) is 62.3 Å². The van der Waals surface area contributed by atoms with E-state index in [1.54, 1.807) is 17.6 Å². The molecule has 0 aliphatic rings. The summed E-state index contributed by atoms with van der Waals surface area (Å²) in [7, 11) is 0. The maximum Gasteiger partial charge on any atom is 0.261 e. The van der Waals surface area contributed by atoms with Gasteiger partial charge in [-0.3, -0.25) is 9.36 Å². The monoisotopic (exact) mass is 410 g/mol. The number of hydrogen-bond donors (Lipinski definition) is 0. The van der Waals surface area contributed by atoms with Crippen LogP contribution in [0, 0.1) is 6.92 Å². The van der Waals surface area contributed by atoms with Gasteiger partial charge in [-0.2, -0.15) is 4.98 Å². The van der Waals surface area contributed by atoms with Crippen molar-refractivity contribution in [2.75, 3.05) is 0 Å². The lowest BCUT2D eigenvalue weighted by Gasteiger charge is -2.08. The highest BCUT2D eigenvalue weighted by molar-refractivity contribution is 9.10. The highest BCUT2D eigenvalue weighted by atomic mass is 79.9. The summed E-state index contributed by atoms with van der Waals surface area (Å²) in [6.07, 6.45) is 0.546. The van der Waals surface area contributed by atoms with Gasteiger partial charge in [0.1, 0.15) is 5.82 Å². The first-order chi connectivity index (χ1) is 12.6. The summed E-state index contributed by atoms with van der Waals surface area (Å²) in [5.41, 5.74) is 1.66. The summed E-state index contributed by atoms with van der Waals surface area (Å²) in [4.78, 5) is 21.6. The van der Waals surface area contributed by atoms with E-state index in [4.69, 9.17) is 4.52 Å². The molecule has 0 radical (unpaired) electrons. The Balaban J connectivity index is 1.60. The number of hydrogen-bond acceptors (Lipinski definition) is 5. The Labute approximate surface area is 157 Å². The Hall–Kier alpha value is -2.80. The van der Waals surface area contributed by atoms with Crippen molar-refractivity contribution in [1.82, 2.24) is 19.7 Å². The molecule has 26 heavy (non-hydrogen) atoms. The number of benzene rings is 2. The number of aryl methyl sites for hydroxylation is 1. The minimum atomic E-state index is -0.104. The van der Waals surface area contributed by atoms with Crippen LogP contribution in [0.4, 0.5) is 0 Å². The van der Waals surface area contributed by atoms with Crippen LogP contribution in [-0.4, -0.2) is 19.7 Å². The van der Waals surface area contributed by atoms with Crippen molar-refractivity contribution in [3.63, 3.8) is 0 Å². The SMILES string of the molecule is Cc1nc2ccccc2c(=O)n1Cc1noc(Cc2ccc(Br)cc2)n1. The predicted molar refractivity (Wildman–Crippen MR) is 101 cm³/mol. The van der Waals surface area contributed by atoms with E-state index in [2.05, 4.69) is 31.1 Å². The Morgan fingerprint density at radius 1 is 1.08 bits per heavy atom. The van der Waals surface area contributed by atoms with E-state index < -0.39 is 0 Å². The molecule has 2 aromatic heterocycles. The molecule has 0 amide bonds. The van der Waals surface area contributed by atoms with E-state index in [1.165, 1.54) is 0 Å². The van der Waals surface area contributed by atoms with Crippen molar-refractivity contribution in [2.24, 2.45) is 0 Å². The normalized spacial score (nSPS) is 11.2. The number of rotatable bonds is 4. The van der Waals surface area contributed by atoms with Crippen molar-refractivity contribution in [2.45, 2.75) is 19.9 Å². The molecular weight excluding hydrogens is 396 g/mol. The van der Waals surface area contributed by atoms with Crippen molar-refractivity contribution in [1.29, 1.82) is 0 Å². The minimum Gasteiger partial charge on any atom is -0.339 e. The van der Waals surface area contributed by atoms with Gasteiger partial charge in [0.25, 0.3) is 5.56 Å². The molecule has 4 aromatic rings. The fourth-order valence-electron chi connectivity index (χ4n) is 2.81. The smallest absolute Gasteiger partial charge is 0.261 e. The molecular formula is C19H15BrN4O2. The van der Waals surface area contributed by atoms with Gasteiger partial charge in [0.2, 0.25) is 5.89 Å². The second kappa shape index (κ2) is 6.84. The first-order valence-electron chi connectivity index (χ1n) is 8.12. The fourth-order valence-corrected chi connectivity index (χ4v) is 3.07. The van der Waals surface area contributed by atoms with Crippen LogP contribution in [0.25, 0.3) is 10.9 Å². The van der Waals surface area contributed by atoms with E-state index in [9.17, 15) is 4.79 Å². The van der Waals surface area contributed by atoms with E-state index >= 15 is 0 Å². The molecule has 0 bridgehead atoms. The van der Waals surface area contributed by atoms with Gasteiger partial charge in [0, 0.05) is 4.47 Å². The Morgan fingerprint density at radius 2 is 1.85 bits per heavy atom. The summed E-state index contributed by atoms with van der Waals surface area (Å²) in [6.45, 7) is 2.03. The summed E-state index contributed by atoms with van der Waals surface area (Å²) in [6, 6.07) is 15.2. The summed E-state index contributed by atoms with van der Waals surface area (Å²) in [5.74, 6) is 1.59. The predicted octanol–water partition coefficient (Wildman–Crippen LogP) is 3.49. The van der Waals surface area contributed by atoms with Crippen LogP contribution >= 0.6 is 15.9 Å². The van der Waals surface area contributed by atoms with Crippen molar-refractivity contribution in [3.05, 3.63) is 86.5 Å². The molecule has 2 aromatic carbocycles. The first-order valence-corrected chi connectivity index (χ1v) is 8.91. The molecule has 130 valence electrons. The lowest BCUT2D eigenvalue weighted by atomic mass is 10.1. The Morgan fingerprint density at radius 3 is 2.65 bits per heavy atom. The zero-order chi connectivity index (χ0) is 18.1. The highest BCUT2D eigenvalue weighted by Gasteiger charge is 2.12. The average Bonchev–Trinajstić information content (AvgIpc) is 3.08. The topological polar surface area (TPSA) is 73.8 Å². The molecule has 6 nitrogen and oxygen atoms in total. The van der Waals surface area contributed by atoms with Gasteiger partial charge in [-0.15, -0.1) is 0 Å². The molecule has 0 aliphatic heterocycles. The third kappa shape index (κ3) is 3.30. The quantitative estimate of drug-likeness (QED) is 0.514. The number of halogens is 1. The average molecular weight is 411 g/mol. The lowest BCUT2D eigenvalue weighted by molar-refractivity contribution is 0.378. The molecule has 7 heteroatoms. The maximum absolute atomic E-state index is 12.7. The third-order valence-electron chi connectivity index (χ3n) is 4.13. The van der Waals surface area contributed by atoms with E-state index in [0.717, 1.165) is 10.0 Å². The minimum absolute atomic E-state index is 0.104. The molecule has 0 saturated heterocycles. The molecule has 2 heterocycles. The third-order valence-corrected chi connectivity index (χ3v) is 4.66. The van der Waals surface area contributed by atoms with E-state index in [1.807, 2.05) is 42.5 Å². The molecule has 0 N–H and O–H groups in total. The summed E-state index contributed by atoms with van der Waals surface area (Å²) in [5, 5.41) is 4.58. The van der Waals surface area contributed by atoms with Crippen LogP contribution in [0.5, 0.6) is 0 Å². The standard InChI is InChI=1S/C19H15BrN4O2/c1-12-21-16-5-3-2-4-15(16)19(25)24(12)11-17-22-18(26-23-17)10-13-6-8-14(20)9-7-13/h2-9H,10-11H2,1H3. The van der Waals surface area contributed by atoms with Crippen LogP contribution in [-0.2, 0) is 13.0 Å². The fraction of sp³-hybridized carbons (Fsp3) is 0.158. The van der Waals surface area contributed by atoms with Gasteiger partial charge in [0.05, 0.1) is 23.9 Å². The van der Waals surface area contributed by atoms with E-state index in [-0.39, 0.29) is 12.1 Å². The van der Waals surface area contributed by atoms with Crippen molar-refractivity contribution >= 4 is 26.8 Å². The Bertz CT molecular complexity index is 1130. The molecule has 0 unspecified atom stereocenters. The van der Waals surface area contributed by atoms with Crippen LogP contribution in [0.2, 0.25) is 0 Å². The van der Waals surface area contributed by atoms with Gasteiger partial charge in [0.15, 0.2) is 5.82 Å². The largest absolute Gasteiger partial charge is 0.339 e. The molecule has 0 saturated carbocycles. The van der Waals surface area contributed by atoms with Gasteiger partial charge in [-0.05, 0) is 36.8 Å². The molecule has 0 fully saturated rings. The Kier molecular flexibility index (Phi) is 4.38. The molecule has 0 atom stereocenters. The number of nitrogens with zero attached hydrogens (tertiary/aromatic N) is 4. The number of fused-ring (bicyclic) bond motifs is 1. The van der Waals surface area contributed by atoms with Gasteiger partial charge in [-0.1, -0.05) is 45.4 Å². The zero-order valence-electron chi connectivity index (χ0n) is 14.0. The van der Waals surface area contributed by atoms with Gasteiger partial charge < -0.3 is 4.52 Å². The number of aromatic nitrogens is 4. The maximum atomic E-state index is 12.7. The molecule has 4 rings (SSSR count). The highest BCUT2D eigenvalue weighted by Crippen LogP contribution is 2.14. The van der Waals surface area contributed by atoms with Crippen molar-refractivity contribution in [3.8, 4) is 0 Å². The first kappa shape index (κ1) is 16.7.